The predicted molar refractivity (Wildman–Crippen MR) is 132 cm³/mol. The summed E-state index contributed by atoms with van der Waals surface area (Å²) in [6.45, 7) is 5.42. The van der Waals surface area contributed by atoms with Crippen LogP contribution in [0.4, 0.5) is 23.4 Å². The van der Waals surface area contributed by atoms with E-state index in [9.17, 15) is 27.2 Å². The first-order valence-corrected chi connectivity index (χ1v) is 11.6. The van der Waals surface area contributed by atoms with Gasteiger partial charge in [0, 0.05) is 42.5 Å². The van der Waals surface area contributed by atoms with E-state index < -0.39 is 11.7 Å². The zero-order valence-electron chi connectivity index (χ0n) is 21.0. The molecule has 2 heterocycles. The molecule has 3 aromatic rings. The summed E-state index contributed by atoms with van der Waals surface area (Å²) in [5, 5.41) is 5.67. The molecule has 1 saturated carbocycles. The van der Waals surface area contributed by atoms with Crippen molar-refractivity contribution in [3.05, 3.63) is 76.9 Å². The maximum atomic E-state index is 13.3. The van der Waals surface area contributed by atoms with Gasteiger partial charge in [-0.05, 0) is 68.1 Å². The molecule has 1 aliphatic carbocycles. The van der Waals surface area contributed by atoms with Gasteiger partial charge in [-0.3, -0.25) is 14.6 Å². The summed E-state index contributed by atoms with van der Waals surface area (Å²) in [5.74, 6) is -0.0942. The Hall–Kier alpha value is -3.82. The molecule has 0 saturated heterocycles. The molecule has 0 bridgehead atoms. The van der Waals surface area contributed by atoms with E-state index in [0.717, 1.165) is 36.2 Å². The Morgan fingerprint density at radius 3 is 2.32 bits per heavy atom. The van der Waals surface area contributed by atoms with Crippen LogP contribution >= 0.6 is 0 Å². The van der Waals surface area contributed by atoms with Gasteiger partial charge in [-0.25, -0.2) is 9.37 Å². The molecular weight excluding hydrogens is 488 g/mol. The number of halogens is 4. The van der Waals surface area contributed by atoms with E-state index in [-0.39, 0.29) is 34.2 Å². The second-order valence-corrected chi connectivity index (χ2v) is 9.21. The summed E-state index contributed by atoms with van der Waals surface area (Å²) in [6, 6.07) is 8.25. The molecular formula is C27H28F4N4O2. The zero-order valence-corrected chi connectivity index (χ0v) is 21.0. The number of nitrogens with one attached hydrogen (secondary N) is 2. The predicted octanol–water partition coefficient (Wildman–Crippen LogP) is 5.96. The fraction of sp³-hybridized carbons (Fsp3) is 0.333. The van der Waals surface area contributed by atoms with Crippen LogP contribution in [-0.2, 0) is 17.5 Å². The summed E-state index contributed by atoms with van der Waals surface area (Å²) in [6.07, 6.45) is -0.425. The van der Waals surface area contributed by atoms with Crippen molar-refractivity contribution in [1.82, 2.24) is 15.3 Å². The number of amides is 1. The number of nitrogens with zero attached hydrogens (tertiary/aromatic N) is 2. The molecule has 1 aliphatic rings. The van der Waals surface area contributed by atoms with Crippen molar-refractivity contribution in [2.45, 2.75) is 46.3 Å². The SMILES string of the molecule is CC(=O)c1cc(NCc2ccc(F)cc2C)nc(-c2cncc(C(F)(F)F)c2)c1.CNC(=O)C1(C)CC1. The van der Waals surface area contributed by atoms with E-state index in [1.54, 1.807) is 20.0 Å². The highest BCUT2D eigenvalue weighted by Gasteiger charge is 2.44. The van der Waals surface area contributed by atoms with Crippen LogP contribution in [0.2, 0.25) is 0 Å². The monoisotopic (exact) mass is 516 g/mol. The molecule has 2 N–H and O–H groups in total. The molecule has 4 rings (SSSR count). The second-order valence-electron chi connectivity index (χ2n) is 9.21. The van der Waals surface area contributed by atoms with Gasteiger partial charge < -0.3 is 10.6 Å². The molecule has 1 fully saturated rings. The third-order valence-electron chi connectivity index (χ3n) is 6.13. The number of aryl methyl sites for hydroxylation is 1. The molecule has 0 unspecified atom stereocenters. The van der Waals surface area contributed by atoms with Crippen molar-refractivity contribution in [3.8, 4) is 11.3 Å². The van der Waals surface area contributed by atoms with Gasteiger partial charge in [0.1, 0.15) is 11.6 Å². The van der Waals surface area contributed by atoms with Crippen molar-refractivity contribution in [2.75, 3.05) is 12.4 Å². The summed E-state index contributed by atoms with van der Waals surface area (Å²) in [4.78, 5) is 30.6. The standard InChI is InChI=1S/C21H17F4N3O.C6H11NO/c1-12-5-18(22)4-3-14(12)10-27-20-8-15(13(2)29)7-19(28-20)16-6-17(11-26-9-16)21(23,24)25;1-6(3-4-6)5(8)7-2/h3-9,11H,10H2,1-2H3,(H,27,28);3-4H2,1-2H3,(H,7,8). The number of carbonyl (C=O) groups is 2. The maximum absolute atomic E-state index is 13.3. The Balaban J connectivity index is 0.000000405. The van der Waals surface area contributed by atoms with Crippen LogP contribution in [0.5, 0.6) is 0 Å². The topological polar surface area (TPSA) is 84.0 Å². The Morgan fingerprint density at radius 2 is 1.78 bits per heavy atom. The minimum atomic E-state index is -4.54. The highest BCUT2D eigenvalue weighted by Crippen LogP contribution is 2.44. The van der Waals surface area contributed by atoms with E-state index in [2.05, 4.69) is 20.6 Å². The number of aromatic nitrogens is 2. The van der Waals surface area contributed by atoms with E-state index in [1.807, 2.05) is 6.92 Å². The largest absolute Gasteiger partial charge is 0.417 e. The molecule has 0 atom stereocenters. The number of hydrogen-bond acceptors (Lipinski definition) is 5. The minimum absolute atomic E-state index is 0.00868. The number of pyridine rings is 2. The van der Waals surface area contributed by atoms with Crippen LogP contribution in [0.3, 0.4) is 0 Å². The second kappa shape index (κ2) is 11.1. The number of anilines is 1. The summed E-state index contributed by atoms with van der Waals surface area (Å²) >= 11 is 0. The van der Waals surface area contributed by atoms with E-state index in [1.165, 1.54) is 37.4 Å². The van der Waals surface area contributed by atoms with Crippen LogP contribution in [0.25, 0.3) is 11.3 Å². The number of hydrogen-bond donors (Lipinski definition) is 2. The number of ketones is 1. The van der Waals surface area contributed by atoms with Crippen molar-refractivity contribution in [2.24, 2.45) is 5.41 Å². The van der Waals surface area contributed by atoms with Gasteiger partial charge in [-0.2, -0.15) is 13.2 Å². The average Bonchev–Trinajstić information content (AvgIpc) is 3.61. The molecule has 196 valence electrons. The lowest BCUT2D eigenvalue weighted by Gasteiger charge is -2.12. The highest BCUT2D eigenvalue weighted by molar-refractivity contribution is 5.95. The van der Waals surface area contributed by atoms with E-state index >= 15 is 0 Å². The van der Waals surface area contributed by atoms with Crippen molar-refractivity contribution in [1.29, 1.82) is 0 Å². The Morgan fingerprint density at radius 1 is 1.08 bits per heavy atom. The van der Waals surface area contributed by atoms with Crippen molar-refractivity contribution < 1.29 is 27.2 Å². The van der Waals surface area contributed by atoms with Gasteiger partial charge in [-0.1, -0.05) is 13.0 Å². The molecule has 6 nitrogen and oxygen atoms in total. The molecule has 0 aliphatic heterocycles. The van der Waals surface area contributed by atoms with Gasteiger partial charge >= 0.3 is 6.18 Å². The molecule has 10 heteroatoms. The number of carbonyl (C=O) groups excluding carboxylic acids is 2. The molecule has 0 radical (unpaired) electrons. The first-order valence-electron chi connectivity index (χ1n) is 11.6. The summed E-state index contributed by atoms with van der Waals surface area (Å²) < 4.78 is 52.2. The first-order chi connectivity index (χ1) is 17.3. The molecule has 2 aromatic heterocycles. The third-order valence-corrected chi connectivity index (χ3v) is 6.13. The highest BCUT2D eigenvalue weighted by atomic mass is 19.4. The quantitative estimate of drug-likeness (QED) is 0.312. The lowest BCUT2D eigenvalue weighted by atomic mass is 10.1. The number of alkyl halides is 3. The fourth-order valence-electron chi connectivity index (χ4n) is 3.47. The molecule has 1 amide bonds. The Kier molecular flexibility index (Phi) is 8.30. The molecule has 37 heavy (non-hydrogen) atoms. The Labute approximate surface area is 212 Å². The molecule has 1 aromatic carbocycles. The van der Waals surface area contributed by atoms with E-state index in [4.69, 9.17) is 0 Å². The minimum Gasteiger partial charge on any atom is -0.366 e. The average molecular weight is 517 g/mol. The number of Topliss-reactive ketones (excluding diaryl/α,β-unsaturated/α-hetero) is 1. The van der Waals surface area contributed by atoms with Gasteiger partial charge in [0.05, 0.1) is 11.3 Å². The van der Waals surface area contributed by atoms with Gasteiger partial charge in [0.25, 0.3) is 0 Å². The van der Waals surface area contributed by atoms with E-state index in [0.29, 0.717) is 17.9 Å². The lowest BCUT2D eigenvalue weighted by molar-refractivity contribution is -0.137. The van der Waals surface area contributed by atoms with Crippen molar-refractivity contribution in [3.63, 3.8) is 0 Å². The first kappa shape index (κ1) is 27.8. The van der Waals surface area contributed by atoms with Gasteiger partial charge in [0.2, 0.25) is 5.91 Å². The van der Waals surface area contributed by atoms with Crippen molar-refractivity contribution >= 4 is 17.5 Å². The smallest absolute Gasteiger partial charge is 0.366 e. The number of rotatable bonds is 6. The normalized spacial score (nSPS) is 13.7. The van der Waals surface area contributed by atoms with Crippen LogP contribution < -0.4 is 10.6 Å². The number of benzene rings is 1. The van der Waals surface area contributed by atoms with Crippen LogP contribution in [0, 0.1) is 18.2 Å². The molecule has 0 spiro atoms. The van der Waals surface area contributed by atoms with Crippen LogP contribution in [0.15, 0.2) is 48.8 Å². The maximum Gasteiger partial charge on any atom is 0.417 e. The Bertz CT molecular complexity index is 1300. The third kappa shape index (κ3) is 7.34. The summed E-state index contributed by atoms with van der Waals surface area (Å²) in [5.41, 5.74) is 1.30. The van der Waals surface area contributed by atoms with Gasteiger partial charge in [-0.15, -0.1) is 0 Å². The fourth-order valence-corrected chi connectivity index (χ4v) is 3.47. The van der Waals surface area contributed by atoms with Crippen LogP contribution in [0.1, 0.15) is 53.7 Å². The summed E-state index contributed by atoms with van der Waals surface area (Å²) in [7, 11) is 1.69. The zero-order chi connectivity index (χ0) is 27.4. The van der Waals surface area contributed by atoms with Gasteiger partial charge in [0.15, 0.2) is 5.78 Å². The van der Waals surface area contributed by atoms with Crippen LogP contribution in [-0.4, -0.2) is 28.7 Å². The lowest BCUT2D eigenvalue weighted by Crippen LogP contribution is -2.26.